The standard InChI is InChI=1S/C11H16BrN3/c12-11-2-1-9(8-15-11)7-14-10-3-5-13-6-4-10/h1-2,8,10,13-14H,3-7H2. The van der Waals surface area contributed by atoms with Crippen LogP contribution in [0.5, 0.6) is 0 Å². The zero-order valence-corrected chi connectivity index (χ0v) is 10.3. The lowest BCUT2D eigenvalue weighted by Crippen LogP contribution is -2.39. The van der Waals surface area contributed by atoms with Gasteiger partial charge in [-0.1, -0.05) is 6.07 Å². The number of nitrogens with zero attached hydrogens (tertiary/aromatic N) is 1. The topological polar surface area (TPSA) is 37.0 Å². The van der Waals surface area contributed by atoms with Crippen LogP contribution in [0.1, 0.15) is 18.4 Å². The van der Waals surface area contributed by atoms with Crippen molar-refractivity contribution >= 4 is 15.9 Å². The van der Waals surface area contributed by atoms with Crippen molar-refractivity contribution in [2.45, 2.75) is 25.4 Å². The van der Waals surface area contributed by atoms with Crippen molar-refractivity contribution in [2.24, 2.45) is 0 Å². The van der Waals surface area contributed by atoms with Gasteiger partial charge in [-0.3, -0.25) is 0 Å². The highest BCUT2D eigenvalue weighted by molar-refractivity contribution is 9.10. The minimum atomic E-state index is 0.662. The number of hydrogen-bond acceptors (Lipinski definition) is 3. The zero-order valence-electron chi connectivity index (χ0n) is 8.67. The van der Waals surface area contributed by atoms with Gasteiger partial charge in [-0.05, 0) is 53.5 Å². The molecule has 0 radical (unpaired) electrons. The van der Waals surface area contributed by atoms with E-state index in [0.717, 1.165) is 24.2 Å². The molecule has 0 atom stereocenters. The molecule has 2 heterocycles. The Morgan fingerprint density at radius 2 is 2.20 bits per heavy atom. The SMILES string of the molecule is Brc1ccc(CNC2CCNCC2)cn1. The Hall–Kier alpha value is -0.450. The third-order valence-corrected chi connectivity index (χ3v) is 3.19. The van der Waals surface area contributed by atoms with Gasteiger partial charge < -0.3 is 10.6 Å². The second-order valence-corrected chi connectivity index (χ2v) is 4.71. The maximum Gasteiger partial charge on any atom is 0.106 e. The smallest absolute Gasteiger partial charge is 0.106 e. The lowest BCUT2D eigenvalue weighted by molar-refractivity contribution is 0.386. The molecule has 1 aromatic rings. The van der Waals surface area contributed by atoms with Gasteiger partial charge in [-0.15, -0.1) is 0 Å². The summed E-state index contributed by atoms with van der Waals surface area (Å²) in [5.41, 5.74) is 1.25. The molecule has 1 aliphatic heterocycles. The second-order valence-electron chi connectivity index (χ2n) is 3.89. The van der Waals surface area contributed by atoms with Gasteiger partial charge in [0.05, 0.1) is 0 Å². The monoisotopic (exact) mass is 269 g/mol. The summed E-state index contributed by atoms with van der Waals surface area (Å²) in [7, 11) is 0. The van der Waals surface area contributed by atoms with Crippen molar-refractivity contribution in [2.75, 3.05) is 13.1 Å². The summed E-state index contributed by atoms with van der Waals surface area (Å²) in [5.74, 6) is 0. The molecule has 0 amide bonds. The zero-order chi connectivity index (χ0) is 10.5. The first-order valence-electron chi connectivity index (χ1n) is 5.39. The fourth-order valence-corrected chi connectivity index (χ4v) is 2.03. The van der Waals surface area contributed by atoms with E-state index in [0.29, 0.717) is 6.04 Å². The summed E-state index contributed by atoms with van der Waals surface area (Å²) < 4.78 is 0.896. The van der Waals surface area contributed by atoms with E-state index in [4.69, 9.17) is 0 Å². The Morgan fingerprint density at radius 3 is 2.87 bits per heavy atom. The molecule has 0 saturated carbocycles. The van der Waals surface area contributed by atoms with Crippen LogP contribution in [-0.2, 0) is 6.54 Å². The van der Waals surface area contributed by atoms with Gasteiger partial charge in [0.2, 0.25) is 0 Å². The van der Waals surface area contributed by atoms with Crippen LogP contribution in [0, 0.1) is 0 Å². The molecule has 0 bridgehead atoms. The molecule has 1 aliphatic rings. The van der Waals surface area contributed by atoms with E-state index < -0.39 is 0 Å². The van der Waals surface area contributed by atoms with E-state index in [1.165, 1.54) is 18.4 Å². The van der Waals surface area contributed by atoms with Crippen molar-refractivity contribution in [3.63, 3.8) is 0 Å². The third kappa shape index (κ3) is 3.55. The Kier molecular flexibility index (Phi) is 4.11. The lowest BCUT2D eigenvalue weighted by atomic mass is 10.1. The average Bonchev–Trinajstić information content (AvgIpc) is 2.30. The Morgan fingerprint density at radius 1 is 1.40 bits per heavy atom. The van der Waals surface area contributed by atoms with Crippen molar-refractivity contribution in [1.82, 2.24) is 15.6 Å². The maximum absolute atomic E-state index is 4.21. The van der Waals surface area contributed by atoms with Crippen LogP contribution in [-0.4, -0.2) is 24.1 Å². The quantitative estimate of drug-likeness (QED) is 0.821. The molecule has 1 saturated heterocycles. The normalized spacial score (nSPS) is 17.9. The number of hydrogen-bond donors (Lipinski definition) is 2. The van der Waals surface area contributed by atoms with Gasteiger partial charge in [0.25, 0.3) is 0 Å². The Labute approximate surface area is 98.8 Å². The highest BCUT2D eigenvalue weighted by atomic mass is 79.9. The number of rotatable bonds is 3. The lowest BCUT2D eigenvalue weighted by Gasteiger charge is -2.23. The van der Waals surface area contributed by atoms with Crippen molar-refractivity contribution in [3.05, 3.63) is 28.5 Å². The first-order valence-corrected chi connectivity index (χ1v) is 6.18. The predicted octanol–water partition coefficient (Wildman–Crippen LogP) is 1.69. The predicted molar refractivity (Wildman–Crippen MR) is 64.7 cm³/mol. The molecule has 0 unspecified atom stereocenters. The van der Waals surface area contributed by atoms with E-state index >= 15 is 0 Å². The molecule has 1 aromatic heterocycles. The number of nitrogens with one attached hydrogen (secondary N) is 2. The van der Waals surface area contributed by atoms with Gasteiger partial charge in [0, 0.05) is 18.8 Å². The average molecular weight is 270 g/mol. The summed E-state index contributed by atoms with van der Waals surface area (Å²) in [5, 5.41) is 6.92. The molecule has 0 spiro atoms. The fraction of sp³-hybridized carbons (Fsp3) is 0.545. The largest absolute Gasteiger partial charge is 0.317 e. The second kappa shape index (κ2) is 5.58. The number of pyridine rings is 1. The van der Waals surface area contributed by atoms with Crippen molar-refractivity contribution < 1.29 is 0 Å². The summed E-state index contributed by atoms with van der Waals surface area (Å²) >= 11 is 3.33. The maximum atomic E-state index is 4.21. The molecule has 4 heteroatoms. The molecular formula is C11H16BrN3. The van der Waals surface area contributed by atoms with Crippen LogP contribution < -0.4 is 10.6 Å². The third-order valence-electron chi connectivity index (χ3n) is 2.72. The van der Waals surface area contributed by atoms with Gasteiger partial charge in [0.15, 0.2) is 0 Å². The molecule has 2 N–H and O–H groups in total. The van der Waals surface area contributed by atoms with Gasteiger partial charge in [0.1, 0.15) is 4.60 Å². The minimum Gasteiger partial charge on any atom is -0.317 e. The molecule has 1 fully saturated rings. The molecule has 82 valence electrons. The van der Waals surface area contributed by atoms with E-state index in [2.05, 4.69) is 37.6 Å². The van der Waals surface area contributed by atoms with Crippen LogP contribution >= 0.6 is 15.9 Å². The summed E-state index contributed by atoms with van der Waals surface area (Å²) in [6, 6.07) is 4.75. The van der Waals surface area contributed by atoms with E-state index in [-0.39, 0.29) is 0 Å². The molecule has 0 aliphatic carbocycles. The van der Waals surface area contributed by atoms with Crippen molar-refractivity contribution in [3.8, 4) is 0 Å². The number of halogens is 1. The van der Waals surface area contributed by atoms with Gasteiger partial charge in [-0.2, -0.15) is 0 Å². The molecule has 3 nitrogen and oxygen atoms in total. The first kappa shape index (κ1) is 11.0. The van der Waals surface area contributed by atoms with Gasteiger partial charge >= 0.3 is 0 Å². The Balaban J connectivity index is 1.79. The van der Waals surface area contributed by atoms with Crippen LogP contribution in [0.3, 0.4) is 0 Å². The minimum absolute atomic E-state index is 0.662. The van der Waals surface area contributed by atoms with Crippen LogP contribution in [0.25, 0.3) is 0 Å². The summed E-state index contributed by atoms with van der Waals surface area (Å²) in [4.78, 5) is 4.21. The molecule has 15 heavy (non-hydrogen) atoms. The van der Waals surface area contributed by atoms with E-state index in [1.54, 1.807) is 0 Å². The number of piperidine rings is 1. The Bertz CT molecular complexity index is 293. The highest BCUT2D eigenvalue weighted by Crippen LogP contribution is 2.07. The summed E-state index contributed by atoms with van der Waals surface area (Å²) in [6.07, 6.45) is 4.37. The van der Waals surface area contributed by atoms with E-state index in [9.17, 15) is 0 Å². The molecule has 0 aromatic carbocycles. The summed E-state index contributed by atoms with van der Waals surface area (Å²) in [6.45, 7) is 3.19. The van der Waals surface area contributed by atoms with Gasteiger partial charge in [-0.25, -0.2) is 4.98 Å². The molecule has 2 rings (SSSR count). The van der Waals surface area contributed by atoms with Crippen molar-refractivity contribution in [1.29, 1.82) is 0 Å². The van der Waals surface area contributed by atoms with Crippen LogP contribution in [0.15, 0.2) is 22.9 Å². The van der Waals surface area contributed by atoms with Crippen LogP contribution in [0.2, 0.25) is 0 Å². The van der Waals surface area contributed by atoms with Crippen LogP contribution in [0.4, 0.5) is 0 Å². The number of aromatic nitrogens is 1. The first-order chi connectivity index (χ1) is 7.34. The van der Waals surface area contributed by atoms with E-state index in [1.807, 2.05) is 12.3 Å². The molecular weight excluding hydrogens is 254 g/mol. The highest BCUT2D eigenvalue weighted by Gasteiger charge is 2.11. The fourth-order valence-electron chi connectivity index (χ4n) is 1.80.